The minimum absolute atomic E-state index is 0.286. The van der Waals surface area contributed by atoms with E-state index in [1.807, 2.05) is 21.3 Å². The lowest BCUT2D eigenvalue weighted by Crippen LogP contribution is -2.15. The van der Waals surface area contributed by atoms with Crippen LogP contribution in [0.1, 0.15) is 122 Å². The lowest BCUT2D eigenvalue weighted by atomic mass is 9.86. The highest BCUT2D eigenvalue weighted by Crippen LogP contribution is 2.49. The minimum atomic E-state index is -5.18. The van der Waals surface area contributed by atoms with Crippen molar-refractivity contribution in [2.75, 3.05) is 0 Å². The largest absolute Gasteiger partial charge is 0.417 e. The molecule has 0 aliphatic rings. The van der Waals surface area contributed by atoms with Gasteiger partial charge in [-0.25, -0.2) is 0 Å². The number of aromatic nitrogens is 2. The van der Waals surface area contributed by atoms with E-state index in [4.69, 9.17) is 0 Å². The number of hydrogen-bond donors (Lipinski definition) is 0. The van der Waals surface area contributed by atoms with Gasteiger partial charge in [-0.3, -0.25) is 0 Å². The van der Waals surface area contributed by atoms with Crippen molar-refractivity contribution in [3.63, 3.8) is 0 Å². The fourth-order valence-corrected chi connectivity index (χ4v) is 8.97. The van der Waals surface area contributed by atoms with Gasteiger partial charge in [-0.2, -0.15) is 31.6 Å². The van der Waals surface area contributed by atoms with Crippen LogP contribution in [0.2, 0.25) is 0 Å². The summed E-state index contributed by atoms with van der Waals surface area (Å²) in [5.74, 6) is 0. The lowest BCUT2D eigenvalue weighted by molar-refractivity contribution is -0.142. The Hall–Kier alpha value is -6.01. The van der Waals surface area contributed by atoms with E-state index >= 15 is 26.3 Å². The molecule has 64 heavy (non-hydrogen) atoms. The Labute approximate surface area is 370 Å². The maximum Gasteiger partial charge on any atom is 0.417 e. The second-order valence-electron chi connectivity index (χ2n) is 21.3. The van der Waals surface area contributed by atoms with Crippen LogP contribution in [0, 0.1) is 11.3 Å². The van der Waals surface area contributed by atoms with Crippen LogP contribution < -0.4 is 0 Å². The highest BCUT2D eigenvalue weighted by Gasteiger charge is 2.42. The highest BCUT2D eigenvalue weighted by molar-refractivity contribution is 6.12. The van der Waals surface area contributed by atoms with E-state index < -0.39 is 34.6 Å². The average molecular weight is 870 g/mol. The van der Waals surface area contributed by atoms with E-state index in [1.54, 1.807) is 0 Å². The van der Waals surface area contributed by atoms with E-state index in [-0.39, 0.29) is 27.2 Å². The lowest BCUT2D eigenvalue weighted by Gasteiger charge is -2.25. The zero-order chi connectivity index (χ0) is 46.9. The molecule has 0 unspecified atom stereocenters. The second kappa shape index (κ2) is 14.5. The van der Waals surface area contributed by atoms with Crippen LogP contribution in [0.5, 0.6) is 0 Å². The van der Waals surface area contributed by atoms with Gasteiger partial charge in [0.2, 0.25) is 0 Å². The SMILES string of the molecule is CC(C)(C)c1ccc2c3ccc(C(C)(C)C)cc3n(-c3cc(C#N)c(-c4c(C(F)(F)F)cccc4C(F)(F)F)cc3-n3c4cc(C(C)(C)C)ccc4c4ccc(C(C)(C)C)cc43)c2c1. The number of rotatable bonds is 3. The Kier molecular flexibility index (Phi) is 10.1. The Bertz CT molecular complexity index is 3050. The van der Waals surface area contributed by atoms with E-state index in [0.717, 1.165) is 71.9 Å². The number of fused-ring (bicyclic) bond motifs is 6. The van der Waals surface area contributed by atoms with Gasteiger partial charge in [-0.1, -0.05) is 138 Å². The predicted octanol–water partition coefficient (Wildman–Crippen LogP) is 16.6. The molecule has 0 saturated carbocycles. The second-order valence-corrected chi connectivity index (χ2v) is 21.3. The number of halogens is 6. The molecule has 2 heterocycles. The molecule has 0 fully saturated rings. The van der Waals surface area contributed by atoms with E-state index in [1.165, 1.54) is 12.1 Å². The first-order valence-electron chi connectivity index (χ1n) is 21.5. The number of hydrogen-bond acceptors (Lipinski definition) is 1. The molecule has 3 nitrogen and oxygen atoms in total. The maximum absolute atomic E-state index is 15.1. The van der Waals surface area contributed by atoms with Gasteiger partial charge >= 0.3 is 12.4 Å². The van der Waals surface area contributed by atoms with Crippen LogP contribution in [0.15, 0.2) is 103 Å². The first kappa shape index (κ1) is 44.6. The van der Waals surface area contributed by atoms with Gasteiger partial charge in [0.25, 0.3) is 0 Å². The smallest absolute Gasteiger partial charge is 0.307 e. The molecule has 0 atom stereocenters. The van der Waals surface area contributed by atoms with Crippen molar-refractivity contribution < 1.29 is 26.3 Å². The summed E-state index contributed by atoms with van der Waals surface area (Å²) in [6.07, 6.45) is -10.4. The van der Waals surface area contributed by atoms with Gasteiger partial charge in [-0.15, -0.1) is 0 Å². The van der Waals surface area contributed by atoms with Crippen LogP contribution in [0.25, 0.3) is 66.1 Å². The Balaban J connectivity index is 1.68. The van der Waals surface area contributed by atoms with Crippen molar-refractivity contribution in [2.24, 2.45) is 0 Å². The van der Waals surface area contributed by atoms with Crippen LogP contribution in [-0.4, -0.2) is 9.13 Å². The molecular weight excluding hydrogens is 817 g/mol. The molecule has 0 aliphatic carbocycles. The first-order valence-corrected chi connectivity index (χ1v) is 21.5. The Morgan fingerprint density at radius 2 is 0.703 bits per heavy atom. The van der Waals surface area contributed by atoms with Crippen molar-refractivity contribution in [3.8, 4) is 28.6 Å². The molecular formula is C55H53F6N3. The van der Waals surface area contributed by atoms with Gasteiger partial charge in [0.1, 0.15) is 0 Å². The summed E-state index contributed by atoms with van der Waals surface area (Å²) in [5.41, 5.74) is 1.69. The van der Waals surface area contributed by atoms with Gasteiger partial charge in [0, 0.05) is 32.7 Å². The third-order valence-electron chi connectivity index (χ3n) is 12.7. The Morgan fingerprint density at radius 1 is 0.406 bits per heavy atom. The summed E-state index contributed by atoms with van der Waals surface area (Å²) in [6.45, 7) is 25.2. The average Bonchev–Trinajstić information content (AvgIpc) is 3.69. The van der Waals surface area contributed by atoms with Crippen molar-refractivity contribution in [1.29, 1.82) is 5.26 Å². The molecule has 9 heteroatoms. The third kappa shape index (κ3) is 7.53. The monoisotopic (exact) mass is 869 g/mol. The van der Waals surface area contributed by atoms with Crippen molar-refractivity contribution in [2.45, 2.75) is 117 Å². The summed E-state index contributed by atoms with van der Waals surface area (Å²) < 4.78 is 94.6. The summed E-state index contributed by atoms with van der Waals surface area (Å²) in [5, 5.41) is 14.5. The normalized spacial score (nSPS) is 13.5. The van der Waals surface area contributed by atoms with Crippen molar-refractivity contribution >= 4 is 43.6 Å². The fourth-order valence-electron chi connectivity index (χ4n) is 8.97. The molecule has 330 valence electrons. The van der Waals surface area contributed by atoms with E-state index in [2.05, 4.69) is 150 Å². The van der Waals surface area contributed by atoms with Crippen molar-refractivity contribution in [1.82, 2.24) is 9.13 Å². The minimum Gasteiger partial charge on any atom is -0.307 e. The number of nitrogens with zero attached hydrogens (tertiary/aromatic N) is 3. The van der Waals surface area contributed by atoms with Crippen LogP contribution in [0.4, 0.5) is 26.3 Å². The molecule has 2 aromatic heterocycles. The van der Waals surface area contributed by atoms with Gasteiger partial charge < -0.3 is 9.13 Å². The fraction of sp³-hybridized carbons (Fsp3) is 0.327. The van der Waals surface area contributed by atoms with Gasteiger partial charge in [0.05, 0.1) is 56.2 Å². The van der Waals surface area contributed by atoms with E-state index in [9.17, 15) is 5.26 Å². The molecule has 0 radical (unpaired) electrons. The molecule has 0 aliphatic heterocycles. The summed E-state index contributed by atoms with van der Waals surface area (Å²) in [7, 11) is 0. The summed E-state index contributed by atoms with van der Waals surface area (Å²) in [4.78, 5) is 0. The Morgan fingerprint density at radius 3 is 0.969 bits per heavy atom. The van der Waals surface area contributed by atoms with Crippen LogP contribution >= 0.6 is 0 Å². The summed E-state index contributed by atoms with van der Waals surface area (Å²) >= 11 is 0. The maximum atomic E-state index is 15.1. The highest BCUT2D eigenvalue weighted by atomic mass is 19.4. The molecule has 0 N–H and O–H groups in total. The van der Waals surface area contributed by atoms with Gasteiger partial charge in [-0.05, 0) is 92.4 Å². The predicted molar refractivity (Wildman–Crippen MR) is 250 cm³/mol. The first-order chi connectivity index (χ1) is 29.5. The van der Waals surface area contributed by atoms with Gasteiger partial charge in [0.15, 0.2) is 0 Å². The van der Waals surface area contributed by atoms with Crippen LogP contribution in [-0.2, 0) is 34.0 Å². The number of alkyl halides is 6. The molecule has 0 bridgehead atoms. The number of benzene rings is 6. The third-order valence-corrected chi connectivity index (χ3v) is 12.7. The van der Waals surface area contributed by atoms with E-state index in [0.29, 0.717) is 23.5 Å². The summed E-state index contributed by atoms with van der Waals surface area (Å²) in [6, 6.07) is 31.9. The molecule has 6 aromatic carbocycles. The molecule has 8 rings (SSSR count). The molecule has 0 amide bonds. The standard InChI is InChI=1S/C55H53F6N3/c1-50(2,3)32-16-20-36-37-21-17-33(51(4,5)6)26-44(37)63(43(36)25-32)47-24-31(30-62)40(49-41(54(56,57)58)14-13-15-42(49)55(59,60)61)29-48(47)64-45-27-34(52(7,8)9)18-22-38(45)39-23-19-35(28-46(39)64)53(10,11)12/h13-29H,1-12H3. The molecule has 0 saturated heterocycles. The molecule has 0 spiro atoms. The zero-order valence-corrected chi connectivity index (χ0v) is 38.4. The quantitative estimate of drug-likeness (QED) is 0.163. The number of nitriles is 1. The topological polar surface area (TPSA) is 33.6 Å². The zero-order valence-electron chi connectivity index (χ0n) is 38.4. The molecule has 8 aromatic rings. The van der Waals surface area contributed by atoms with Crippen molar-refractivity contribution in [3.05, 3.63) is 142 Å². The van der Waals surface area contributed by atoms with Crippen LogP contribution in [0.3, 0.4) is 0 Å².